The molecule has 3 nitrogen and oxygen atoms in total. The third-order valence-corrected chi connectivity index (χ3v) is 4.51. The molecule has 0 spiro atoms. The molecule has 1 fully saturated rings. The molecule has 0 saturated heterocycles. The van der Waals surface area contributed by atoms with Gasteiger partial charge in [-0.1, -0.05) is 24.6 Å². The van der Waals surface area contributed by atoms with Gasteiger partial charge < -0.3 is 10.6 Å². The SMILES string of the molecule is NCC1(C(=O)N2CCCc3ccccc32)CCC1. The molecule has 1 aromatic rings. The number of para-hydroxylation sites is 1. The fourth-order valence-electron chi connectivity index (χ4n) is 3.14. The van der Waals surface area contributed by atoms with Crippen molar-refractivity contribution in [2.75, 3.05) is 18.0 Å². The number of nitrogens with zero attached hydrogens (tertiary/aromatic N) is 1. The van der Waals surface area contributed by atoms with Crippen LogP contribution in [0, 0.1) is 5.41 Å². The van der Waals surface area contributed by atoms with Gasteiger partial charge in [0.25, 0.3) is 0 Å². The van der Waals surface area contributed by atoms with Gasteiger partial charge in [0, 0.05) is 18.8 Å². The van der Waals surface area contributed by atoms with Crippen molar-refractivity contribution in [2.45, 2.75) is 32.1 Å². The van der Waals surface area contributed by atoms with E-state index < -0.39 is 0 Å². The van der Waals surface area contributed by atoms with Crippen LogP contribution in [0.4, 0.5) is 5.69 Å². The smallest absolute Gasteiger partial charge is 0.234 e. The summed E-state index contributed by atoms with van der Waals surface area (Å²) in [5.74, 6) is 0.253. The Morgan fingerprint density at radius 3 is 2.72 bits per heavy atom. The lowest BCUT2D eigenvalue weighted by Crippen LogP contribution is -2.53. The van der Waals surface area contributed by atoms with Crippen LogP contribution in [0.2, 0.25) is 0 Å². The molecule has 3 heteroatoms. The van der Waals surface area contributed by atoms with E-state index in [2.05, 4.69) is 18.2 Å². The Bertz CT molecular complexity index is 460. The van der Waals surface area contributed by atoms with Crippen molar-refractivity contribution in [3.8, 4) is 0 Å². The van der Waals surface area contributed by atoms with Crippen LogP contribution in [0.5, 0.6) is 0 Å². The molecule has 0 atom stereocenters. The number of hydrogen-bond donors (Lipinski definition) is 1. The molecule has 0 aromatic heterocycles. The van der Waals surface area contributed by atoms with E-state index in [4.69, 9.17) is 5.73 Å². The first kappa shape index (κ1) is 11.7. The van der Waals surface area contributed by atoms with Crippen LogP contribution in [0.3, 0.4) is 0 Å². The van der Waals surface area contributed by atoms with Gasteiger partial charge in [0.2, 0.25) is 5.91 Å². The van der Waals surface area contributed by atoms with Gasteiger partial charge in [-0.2, -0.15) is 0 Å². The monoisotopic (exact) mass is 244 g/mol. The quantitative estimate of drug-likeness (QED) is 0.866. The molecule has 0 radical (unpaired) electrons. The molecular formula is C15H20N2O. The van der Waals surface area contributed by atoms with Gasteiger partial charge in [0.05, 0.1) is 5.41 Å². The third-order valence-electron chi connectivity index (χ3n) is 4.51. The summed E-state index contributed by atoms with van der Waals surface area (Å²) in [6, 6.07) is 8.26. The molecule has 3 rings (SSSR count). The fraction of sp³-hybridized carbons (Fsp3) is 0.533. The average Bonchev–Trinajstić information content (AvgIpc) is 2.37. The lowest BCUT2D eigenvalue weighted by atomic mass is 9.67. The molecule has 1 amide bonds. The Hall–Kier alpha value is -1.35. The molecule has 2 aliphatic rings. The maximum absolute atomic E-state index is 12.7. The molecule has 1 saturated carbocycles. The summed E-state index contributed by atoms with van der Waals surface area (Å²) in [7, 11) is 0. The maximum atomic E-state index is 12.7. The van der Waals surface area contributed by atoms with E-state index in [0.717, 1.165) is 44.3 Å². The summed E-state index contributed by atoms with van der Waals surface area (Å²) in [4.78, 5) is 14.7. The Balaban J connectivity index is 1.92. The highest BCUT2D eigenvalue weighted by Gasteiger charge is 2.45. The first-order chi connectivity index (χ1) is 8.77. The summed E-state index contributed by atoms with van der Waals surface area (Å²) in [6.07, 6.45) is 5.19. The van der Waals surface area contributed by atoms with E-state index in [9.17, 15) is 4.79 Å². The van der Waals surface area contributed by atoms with E-state index in [1.54, 1.807) is 0 Å². The van der Waals surface area contributed by atoms with Gasteiger partial charge in [-0.25, -0.2) is 0 Å². The van der Waals surface area contributed by atoms with Crippen molar-refractivity contribution in [2.24, 2.45) is 11.1 Å². The van der Waals surface area contributed by atoms with E-state index in [1.807, 2.05) is 11.0 Å². The summed E-state index contributed by atoms with van der Waals surface area (Å²) >= 11 is 0. The van der Waals surface area contributed by atoms with Crippen LogP contribution < -0.4 is 10.6 Å². The van der Waals surface area contributed by atoms with Crippen LogP contribution >= 0.6 is 0 Å². The van der Waals surface area contributed by atoms with Gasteiger partial charge >= 0.3 is 0 Å². The Kier molecular flexibility index (Phi) is 2.86. The van der Waals surface area contributed by atoms with Crippen molar-refractivity contribution in [1.82, 2.24) is 0 Å². The molecule has 1 aromatic carbocycles. The topological polar surface area (TPSA) is 46.3 Å². The summed E-state index contributed by atoms with van der Waals surface area (Å²) in [6.45, 7) is 1.34. The van der Waals surface area contributed by atoms with E-state index in [1.165, 1.54) is 5.56 Å². The van der Waals surface area contributed by atoms with Crippen molar-refractivity contribution in [3.63, 3.8) is 0 Å². The second kappa shape index (κ2) is 4.39. The van der Waals surface area contributed by atoms with E-state index >= 15 is 0 Å². The highest BCUT2D eigenvalue weighted by atomic mass is 16.2. The molecule has 1 aliphatic heterocycles. The van der Waals surface area contributed by atoms with Crippen molar-refractivity contribution in [3.05, 3.63) is 29.8 Å². The van der Waals surface area contributed by atoms with Crippen molar-refractivity contribution < 1.29 is 4.79 Å². The lowest BCUT2D eigenvalue weighted by molar-refractivity contribution is -0.132. The maximum Gasteiger partial charge on any atom is 0.234 e. The number of benzene rings is 1. The first-order valence-electron chi connectivity index (χ1n) is 6.87. The minimum Gasteiger partial charge on any atom is -0.329 e. The number of aryl methyl sites for hydroxylation is 1. The molecule has 96 valence electrons. The van der Waals surface area contributed by atoms with Gasteiger partial charge in [-0.3, -0.25) is 4.79 Å². The Morgan fingerprint density at radius 2 is 2.06 bits per heavy atom. The van der Waals surface area contributed by atoms with Crippen molar-refractivity contribution >= 4 is 11.6 Å². The highest BCUT2D eigenvalue weighted by molar-refractivity contribution is 5.99. The lowest BCUT2D eigenvalue weighted by Gasteiger charge is -2.44. The molecule has 1 heterocycles. The second-order valence-electron chi connectivity index (χ2n) is 5.53. The van der Waals surface area contributed by atoms with Gasteiger partial charge in [0.15, 0.2) is 0 Å². The summed E-state index contributed by atoms with van der Waals surface area (Å²) in [5, 5.41) is 0. The average molecular weight is 244 g/mol. The number of fused-ring (bicyclic) bond motifs is 1. The Morgan fingerprint density at radius 1 is 1.28 bits per heavy atom. The molecule has 0 unspecified atom stereocenters. The summed E-state index contributed by atoms with van der Waals surface area (Å²) in [5.41, 5.74) is 7.99. The van der Waals surface area contributed by atoms with E-state index in [0.29, 0.717) is 6.54 Å². The van der Waals surface area contributed by atoms with Crippen LogP contribution in [-0.4, -0.2) is 19.0 Å². The van der Waals surface area contributed by atoms with Crippen molar-refractivity contribution in [1.29, 1.82) is 0 Å². The minimum absolute atomic E-state index is 0.253. The third kappa shape index (κ3) is 1.65. The number of hydrogen-bond acceptors (Lipinski definition) is 2. The van der Waals surface area contributed by atoms with E-state index in [-0.39, 0.29) is 11.3 Å². The number of carbonyl (C=O) groups excluding carboxylic acids is 1. The number of nitrogens with two attached hydrogens (primary N) is 1. The van der Waals surface area contributed by atoms with Crippen LogP contribution in [-0.2, 0) is 11.2 Å². The molecule has 0 bridgehead atoms. The first-order valence-corrected chi connectivity index (χ1v) is 6.87. The van der Waals surface area contributed by atoms with Crippen LogP contribution in [0.15, 0.2) is 24.3 Å². The number of anilines is 1. The van der Waals surface area contributed by atoms with Gasteiger partial charge in [-0.05, 0) is 37.3 Å². The second-order valence-corrected chi connectivity index (χ2v) is 5.53. The van der Waals surface area contributed by atoms with Gasteiger partial charge in [0.1, 0.15) is 0 Å². The normalized spacial score (nSPS) is 21.1. The predicted molar refractivity (Wildman–Crippen MR) is 72.5 cm³/mol. The molecular weight excluding hydrogens is 224 g/mol. The molecule has 2 N–H and O–H groups in total. The number of amides is 1. The van der Waals surface area contributed by atoms with Gasteiger partial charge in [-0.15, -0.1) is 0 Å². The number of carbonyl (C=O) groups is 1. The molecule has 1 aliphatic carbocycles. The fourth-order valence-corrected chi connectivity index (χ4v) is 3.14. The predicted octanol–water partition coefficient (Wildman–Crippen LogP) is 2.09. The Labute approximate surface area is 108 Å². The zero-order chi connectivity index (χ0) is 12.6. The van der Waals surface area contributed by atoms with Crippen LogP contribution in [0.1, 0.15) is 31.2 Å². The number of rotatable bonds is 2. The standard InChI is InChI=1S/C15H20N2O/c16-11-15(8-4-9-15)14(18)17-10-3-6-12-5-1-2-7-13(12)17/h1-2,5,7H,3-4,6,8-11,16H2. The largest absolute Gasteiger partial charge is 0.329 e. The minimum atomic E-state index is -0.259. The van der Waals surface area contributed by atoms with Crippen LogP contribution in [0.25, 0.3) is 0 Å². The zero-order valence-electron chi connectivity index (χ0n) is 10.7. The highest BCUT2D eigenvalue weighted by Crippen LogP contribution is 2.43. The molecule has 18 heavy (non-hydrogen) atoms. The zero-order valence-corrected chi connectivity index (χ0v) is 10.7. The summed E-state index contributed by atoms with van der Waals surface area (Å²) < 4.78 is 0.